The number of hydrogen-bond donors (Lipinski definition) is 0. The molecule has 21 heavy (non-hydrogen) atoms. The second kappa shape index (κ2) is 6.28. The fraction of sp³-hybridized carbons (Fsp3) is 0.300. The lowest BCUT2D eigenvalue weighted by atomic mass is 9.93. The minimum Gasteiger partial charge on any atom is -0.309 e. The highest BCUT2D eigenvalue weighted by Gasteiger charge is 2.16. The molecule has 1 heteroatoms. The molecular weight excluding hydrogens is 254 g/mol. The summed E-state index contributed by atoms with van der Waals surface area (Å²) >= 11 is 0. The lowest BCUT2D eigenvalue weighted by molar-refractivity contribution is 0.417. The summed E-state index contributed by atoms with van der Waals surface area (Å²) < 4.78 is 22.4. The Morgan fingerprint density at radius 2 is 1.57 bits per heavy atom. The molecule has 1 aliphatic carbocycles. The van der Waals surface area contributed by atoms with Gasteiger partial charge in [0, 0.05) is 10.7 Å². The number of benzene rings is 2. The molecule has 1 aliphatic rings. The predicted molar refractivity (Wildman–Crippen MR) is 90.5 cm³/mol. The summed E-state index contributed by atoms with van der Waals surface area (Å²) in [5, 5.41) is 0. The number of rotatable bonds is 3. The molecule has 0 saturated carbocycles. The van der Waals surface area contributed by atoms with Crippen LogP contribution in [0.15, 0.2) is 54.6 Å². The fourth-order valence-corrected chi connectivity index (χ4v) is 3.04. The van der Waals surface area contributed by atoms with Crippen molar-refractivity contribution in [3.05, 3.63) is 76.9 Å². The van der Waals surface area contributed by atoms with E-state index < -0.39 is 6.98 Å². The Bertz CT molecular complexity index is 697. The Kier molecular flexibility index (Phi) is 3.23. The summed E-state index contributed by atoms with van der Waals surface area (Å²) in [6.07, 6.45) is 5.00. The van der Waals surface area contributed by atoms with Crippen LogP contribution >= 0.6 is 0 Å². The Morgan fingerprint density at radius 3 is 2.14 bits per heavy atom. The van der Waals surface area contributed by atoms with Crippen LogP contribution in [0.25, 0.3) is 5.57 Å². The van der Waals surface area contributed by atoms with Crippen molar-refractivity contribution in [3.63, 3.8) is 0 Å². The molecule has 0 bridgehead atoms. The quantitative estimate of drug-likeness (QED) is 0.815. The van der Waals surface area contributed by atoms with Crippen LogP contribution in [-0.2, 0) is 12.8 Å². The first-order valence-corrected chi connectivity index (χ1v) is 7.55. The molecule has 0 fully saturated rings. The third-order valence-corrected chi connectivity index (χ3v) is 4.09. The van der Waals surface area contributed by atoms with Crippen molar-refractivity contribution >= 4 is 5.57 Å². The molecule has 0 spiro atoms. The van der Waals surface area contributed by atoms with Crippen LogP contribution < -0.4 is 0 Å². The van der Waals surface area contributed by atoms with E-state index in [0.29, 0.717) is 13.0 Å². The van der Waals surface area contributed by atoms with Gasteiger partial charge in [-0.3, -0.25) is 0 Å². The van der Waals surface area contributed by atoms with Gasteiger partial charge in [-0.15, -0.1) is 0 Å². The molecule has 0 radical (unpaired) electrons. The summed E-state index contributed by atoms with van der Waals surface area (Å²) in [6, 6.07) is 17.1. The maximum atomic E-state index is 7.47. The Labute approximate surface area is 132 Å². The topological polar surface area (TPSA) is 3.24 Å². The molecule has 0 saturated heterocycles. The molecule has 0 atom stereocenters. The highest BCUT2D eigenvalue weighted by molar-refractivity contribution is 5.83. The molecule has 0 heterocycles. The average molecular weight is 280 g/mol. The second-order valence-corrected chi connectivity index (χ2v) is 5.64. The first-order chi connectivity index (χ1) is 11.5. The highest BCUT2D eigenvalue weighted by Crippen LogP contribution is 2.33. The van der Waals surface area contributed by atoms with Crippen molar-refractivity contribution in [3.8, 4) is 0 Å². The number of hydrogen-bond acceptors (Lipinski definition) is 1. The molecule has 0 unspecified atom stereocenters. The molecule has 1 nitrogen and oxygen atoms in total. The van der Waals surface area contributed by atoms with Gasteiger partial charge in [-0.25, -0.2) is 0 Å². The van der Waals surface area contributed by atoms with Gasteiger partial charge < -0.3 is 4.90 Å². The zero-order chi connectivity index (χ0) is 17.2. The SMILES string of the molecule is [2H]C([2H])([2H])N(C)CCC=C1c2ccccc2CCc2ccccc21. The van der Waals surface area contributed by atoms with Crippen molar-refractivity contribution in [2.24, 2.45) is 0 Å². The van der Waals surface area contributed by atoms with Crippen LogP contribution in [0.3, 0.4) is 0 Å². The molecule has 0 aliphatic heterocycles. The van der Waals surface area contributed by atoms with Crippen molar-refractivity contribution in [1.82, 2.24) is 4.90 Å². The summed E-state index contributed by atoms with van der Waals surface area (Å²) in [4.78, 5) is 1.43. The number of aryl methyl sites for hydroxylation is 2. The van der Waals surface area contributed by atoms with Crippen LogP contribution in [0.4, 0.5) is 0 Å². The van der Waals surface area contributed by atoms with Gasteiger partial charge in [0.25, 0.3) is 0 Å². The maximum Gasteiger partial charge on any atom is 0.0394 e. The largest absolute Gasteiger partial charge is 0.309 e. The number of nitrogens with zero attached hydrogens (tertiary/aromatic N) is 1. The molecule has 0 aromatic heterocycles. The average Bonchev–Trinajstić information content (AvgIpc) is 2.72. The van der Waals surface area contributed by atoms with Crippen LogP contribution in [-0.4, -0.2) is 25.5 Å². The minimum atomic E-state index is -2.03. The Morgan fingerprint density at radius 1 is 1.00 bits per heavy atom. The van der Waals surface area contributed by atoms with Gasteiger partial charge >= 0.3 is 0 Å². The Balaban J connectivity index is 1.95. The summed E-state index contributed by atoms with van der Waals surface area (Å²) in [5.74, 6) is 0. The van der Waals surface area contributed by atoms with Crippen LogP contribution in [0.1, 0.15) is 32.8 Å². The second-order valence-electron chi connectivity index (χ2n) is 5.64. The summed E-state index contributed by atoms with van der Waals surface area (Å²) in [7, 11) is 1.65. The van der Waals surface area contributed by atoms with Gasteiger partial charge in [-0.2, -0.15) is 0 Å². The van der Waals surface area contributed by atoms with Gasteiger partial charge in [0.05, 0.1) is 0 Å². The van der Waals surface area contributed by atoms with E-state index in [9.17, 15) is 0 Å². The van der Waals surface area contributed by atoms with E-state index in [1.807, 2.05) is 0 Å². The van der Waals surface area contributed by atoms with Crippen molar-refractivity contribution in [2.45, 2.75) is 19.3 Å². The van der Waals surface area contributed by atoms with Gasteiger partial charge in [0.1, 0.15) is 0 Å². The zero-order valence-corrected chi connectivity index (χ0v) is 12.5. The Hall–Kier alpha value is -1.86. The monoisotopic (exact) mass is 280 g/mol. The van der Waals surface area contributed by atoms with Gasteiger partial charge in [-0.1, -0.05) is 54.6 Å². The molecule has 0 N–H and O–H groups in total. The van der Waals surface area contributed by atoms with Crippen molar-refractivity contribution in [1.29, 1.82) is 0 Å². The fourth-order valence-electron chi connectivity index (χ4n) is 3.04. The van der Waals surface area contributed by atoms with Gasteiger partial charge in [0.15, 0.2) is 0 Å². The normalized spacial score (nSPS) is 16.3. The summed E-state index contributed by atoms with van der Waals surface area (Å²) in [5.41, 5.74) is 6.52. The van der Waals surface area contributed by atoms with E-state index in [2.05, 4.69) is 54.6 Å². The molecule has 108 valence electrons. The standard InChI is InChI=1S/C20H23N/c1-21(2)15-7-12-20-18-10-5-3-8-16(18)13-14-17-9-4-6-11-19(17)20/h3-6,8-12H,7,13-15H2,1-2H3/i1D3. The van der Waals surface area contributed by atoms with Gasteiger partial charge in [0.2, 0.25) is 0 Å². The predicted octanol–water partition coefficient (Wildman–Crippen LogP) is 4.17. The van der Waals surface area contributed by atoms with Crippen LogP contribution in [0.2, 0.25) is 0 Å². The molecule has 3 rings (SSSR count). The third-order valence-electron chi connectivity index (χ3n) is 4.09. The van der Waals surface area contributed by atoms with Gasteiger partial charge in [-0.05, 0) is 61.1 Å². The van der Waals surface area contributed by atoms with E-state index in [1.54, 1.807) is 7.05 Å². The lowest BCUT2D eigenvalue weighted by Crippen LogP contribution is -2.12. The first kappa shape index (κ1) is 10.8. The van der Waals surface area contributed by atoms with E-state index >= 15 is 0 Å². The van der Waals surface area contributed by atoms with Crippen LogP contribution in [0.5, 0.6) is 0 Å². The van der Waals surface area contributed by atoms with Crippen molar-refractivity contribution in [2.75, 3.05) is 20.6 Å². The third kappa shape index (κ3) is 3.08. The zero-order valence-electron chi connectivity index (χ0n) is 15.5. The van der Waals surface area contributed by atoms with E-state index in [4.69, 9.17) is 4.11 Å². The van der Waals surface area contributed by atoms with E-state index in [0.717, 1.165) is 12.8 Å². The molecular formula is C20H23N. The maximum absolute atomic E-state index is 7.47. The smallest absolute Gasteiger partial charge is 0.0394 e. The highest BCUT2D eigenvalue weighted by atomic mass is 15.0. The van der Waals surface area contributed by atoms with Crippen molar-refractivity contribution < 1.29 is 4.11 Å². The lowest BCUT2D eigenvalue weighted by Gasteiger charge is -2.13. The van der Waals surface area contributed by atoms with E-state index in [-0.39, 0.29) is 0 Å². The number of fused-ring (bicyclic) bond motifs is 2. The minimum absolute atomic E-state index is 0.518. The molecule has 0 amide bonds. The van der Waals surface area contributed by atoms with E-state index in [1.165, 1.54) is 32.7 Å². The molecule has 2 aromatic rings. The summed E-state index contributed by atoms with van der Waals surface area (Å²) in [6.45, 7) is -1.51. The first-order valence-electron chi connectivity index (χ1n) is 9.05. The molecule has 2 aromatic carbocycles. The van der Waals surface area contributed by atoms with Crippen LogP contribution in [0, 0.1) is 0 Å².